The standard InChI is InChI=1S/C11H25O5P.C10H23O5P.C9H21O5P/c1-10(2)14-8-6-5-7-9-15-17(12,13)16-11(3)4;1-9(2)13-7-5-6-8-14-16(11,12)15-10(3)4;1-8(2)12-6-5-7-13-15(10,11)14-9(3)4/h10-11H,5-9H2,1-4H3,(H,12,13);9-10H,5-8H2,1-4H3,(H,11,12);8-9H,5-7H2,1-4H3,(H,10,11). The van der Waals surface area contributed by atoms with Crippen molar-refractivity contribution in [2.45, 2.75) is 158 Å². The van der Waals surface area contributed by atoms with E-state index in [0.29, 0.717) is 26.1 Å². The van der Waals surface area contributed by atoms with Crippen LogP contribution >= 0.6 is 23.5 Å². The Hall–Kier alpha value is 0.210. The summed E-state index contributed by atoms with van der Waals surface area (Å²) in [4.78, 5) is 27.6. The van der Waals surface area contributed by atoms with Gasteiger partial charge < -0.3 is 28.9 Å². The Balaban J connectivity index is -0.000000634. The molecular weight excluding hydrogens is 693 g/mol. The van der Waals surface area contributed by atoms with Crippen LogP contribution < -0.4 is 0 Å². The van der Waals surface area contributed by atoms with Crippen LogP contribution in [0.5, 0.6) is 0 Å². The summed E-state index contributed by atoms with van der Waals surface area (Å²) in [6.07, 6.45) is 4.31. The third-order valence-electron chi connectivity index (χ3n) is 4.76. The normalized spacial score (nSPS) is 15.7. The van der Waals surface area contributed by atoms with E-state index >= 15 is 0 Å². The molecule has 0 spiro atoms. The average molecular weight is 763 g/mol. The zero-order valence-corrected chi connectivity index (χ0v) is 34.2. The Morgan fingerprint density at radius 1 is 0.354 bits per heavy atom. The van der Waals surface area contributed by atoms with Crippen molar-refractivity contribution >= 4 is 23.5 Å². The lowest BCUT2D eigenvalue weighted by Crippen LogP contribution is -2.07. The van der Waals surface area contributed by atoms with Crippen LogP contribution in [0.1, 0.15) is 122 Å². The van der Waals surface area contributed by atoms with Gasteiger partial charge in [-0.1, -0.05) is 0 Å². The molecule has 294 valence electrons. The first-order valence-electron chi connectivity index (χ1n) is 16.8. The number of unbranched alkanes of at least 4 members (excludes halogenated alkanes) is 3. The van der Waals surface area contributed by atoms with E-state index in [2.05, 4.69) is 0 Å². The van der Waals surface area contributed by atoms with E-state index < -0.39 is 23.5 Å². The van der Waals surface area contributed by atoms with Crippen molar-refractivity contribution in [3.05, 3.63) is 0 Å². The molecule has 48 heavy (non-hydrogen) atoms. The van der Waals surface area contributed by atoms with Crippen molar-refractivity contribution < 1.29 is 69.7 Å². The molecule has 3 atom stereocenters. The number of phosphoric ester groups is 3. The Labute approximate surface area is 290 Å². The summed E-state index contributed by atoms with van der Waals surface area (Å²) in [5.74, 6) is 0. The number of phosphoric acid groups is 3. The highest BCUT2D eigenvalue weighted by Crippen LogP contribution is 2.45. The minimum atomic E-state index is -3.87. The van der Waals surface area contributed by atoms with E-state index in [1.54, 1.807) is 41.5 Å². The number of hydrogen-bond donors (Lipinski definition) is 3. The van der Waals surface area contributed by atoms with E-state index in [1.165, 1.54) is 0 Å². The maximum Gasteiger partial charge on any atom is 0.472 e. The fourth-order valence-electron chi connectivity index (χ4n) is 3.03. The van der Waals surface area contributed by atoms with Crippen LogP contribution in [0.25, 0.3) is 0 Å². The molecule has 0 radical (unpaired) electrons. The van der Waals surface area contributed by atoms with Crippen LogP contribution in [-0.2, 0) is 55.0 Å². The Kier molecular flexibility index (Phi) is 33.7. The molecule has 0 amide bonds. The maximum atomic E-state index is 11.3. The first kappa shape index (κ1) is 52.6. The molecule has 0 aliphatic heterocycles. The Bertz CT molecular complexity index is 870. The molecule has 18 heteroatoms. The summed E-state index contributed by atoms with van der Waals surface area (Å²) in [5, 5.41) is 0. The third-order valence-corrected chi connectivity index (χ3v) is 8.36. The lowest BCUT2D eigenvalue weighted by molar-refractivity contribution is 0.0615. The van der Waals surface area contributed by atoms with Gasteiger partial charge in [-0.05, 0) is 122 Å². The van der Waals surface area contributed by atoms with E-state index in [0.717, 1.165) is 32.3 Å². The van der Waals surface area contributed by atoms with Crippen LogP contribution in [0.15, 0.2) is 0 Å². The average Bonchev–Trinajstić information content (AvgIpc) is 2.88. The molecule has 3 unspecified atom stereocenters. The van der Waals surface area contributed by atoms with Gasteiger partial charge in [0.15, 0.2) is 0 Å². The fourth-order valence-corrected chi connectivity index (χ4v) is 5.89. The highest BCUT2D eigenvalue weighted by molar-refractivity contribution is 7.47. The largest absolute Gasteiger partial charge is 0.472 e. The second-order valence-corrected chi connectivity index (χ2v) is 16.5. The van der Waals surface area contributed by atoms with Gasteiger partial charge in [0.25, 0.3) is 0 Å². The Morgan fingerprint density at radius 2 is 0.583 bits per heavy atom. The zero-order chi connectivity index (χ0) is 37.8. The lowest BCUT2D eigenvalue weighted by Gasteiger charge is -2.14. The lowest BCUT2D eigenvalue weighted by atomic mass is 10.2. The fraction of sp³-hybridized carbons (Fsp3) is 1.00. The first-order chi connectivity index (χ1) is 22.0. The molecule has 0 aromatic carbocycles. The molecule has 0 aromatic heterocycles. The van der Waals surface area contributed by atoms with E-state index in [1.807, 2.05) is 41.5 Å². The van der Waals surface area contributed by atoms with Crippen molar-refractivity contribution in [2.24, 2.45) is 0 Å². The van der Waals surface area contributed by atoms with E-state index in [-0.39, 0.29) is 56.4 Å². The molecule has 0 fully saturated rings. The molecule has 0 saturated carbocycles. The quantitative estimate of drug-likeness (QED) is 0.0535. The van der Waals surface area contributed by atoms with E-state index in [4.69, 9.17) is 46.2 Å². The van der Waals surface area contributed by atoms with Gasteiger partial charge in [-0.3, -0.25) is 27.1 Å². The van der Waals surface area contributed by atoms with Crippen LogP contribution in [0, 0.1) is 0 Å². The molecule has 0 aliphatic carbocycles. The molecule has 0 bridgehead atoms. The molecule has 0 heterocycles. The molecule has 0 saturated heterocycles. The predicted octanol–water partition coefficient (Wildman–Crippen LogP) is 8.20. The van der Waals surface area contributed by atoms with Crippen LogP contribution in [-0.4, -0.2) is 90.9 Å². The molecule has 15 nitrogen and oxygen atoms in total. The highest BCUT2D eigenvalue weighted by Gasteiger charge is 2.23. The summed E-state index contributed by atoms with van der Waals surface area (Å²) in [6, 6.07) is 0. The molecule has 3 N–H and O–H groups in total. The van der Waals surface area contributed by atoms with Crippen LogP contribution in [0.3, 0.4) is 0 Å². The minimum absolute atomic E-state index is 0.160. The van der Waals surface area contributed by atoms with Gasteiger partial charge in [-0.2, -0.15) is 0 Å². The minimum Gasteiger partial charge on any atom is -0.379 e. The maximum absolute atomic E-state index is 11.3. The smallest absolute Gasteiger partial charge is 0.379 e. The van der Waals surface area contributed by atoms with Gasteiger partial charge in [-0.15, -0.1) is 0 Å². The first-order valence-corrected chi connectivity index (χ1v) is 21.3. The van der Waals surface area contributed by atoms with Crippen molar-refractivity contribution in [1.29, 1.82) is 0 Å². The number of hydrogen-bond acceptors (Lipinski definition) is 12. The number of ether oxygens (including phenoxy) is 3. The van der Waals surface area contributed by atoms with Crippen molar-refractivity contribution in [3.8, 4) is 0 Å². The SMILES string of the molecule is CC(C)OCCCCCOP(=O)(O)OC(C)C.CC(C)OCCCCOP(=O)(O)OC(C)C.CC(C)OCCCOP(=O)(O)OC(C)C. The molecule has 0 rings (SSSR count). The summed E-state index contributed by atoms with van der Waals surface area (Å²) in [7, 11) is -11.6. The van der Waals surface area contributed by atoms with Gasteiger partial charge in [-0.25, -0.2) is 13.7 Å². The Morgan fingerprint density at radius 3 is 0.875 bits per heavy atom. The highest BCUT2D eigenvalue weighted by atomic mass is 31.2. The van der Waals surface area contributed by atoms with Gasteiger partial charge in [0.2, 0.25) is 0 Å². The summed E-state index contributed by atoms with van der Waals surface area (Å²) in [5.41, 5.74) is 0. The van der Waals surface area contributed by atoms with Gasteiger partial charge in [0.05, 0.1) is 56.4 Å². The summed E-state index contributed by atoms with van der Waals surface area (Å²) < 4.78 is 78.2. The van der Waals surface area contributed by atoms with Crippen LogP contribution in [0.4, 0.5) is 0 Å². The number of rotatable bonds is 27. The third kappa shape index (κ3) is 46.2. The summed E-state index contributed by atoms with van der Waals surface area (Å²) >= 11 is 0. The second kappa shape index (κ2) is 30.8. The summed E-state index contributed by atoms with van der Waals surface area (Å²) in [6.45, 7) is 24.4. The van der Waals surface area contributed by atoms with E-state index in [9.17, 15) is 23.5 Å². The van der Waals surface area contributed by atoms with Gasteiger partial charge in [0, 0.05) is 19.8 Å². The zero-order valence-electron chi connectivity index (χ0n) is 31.5. The molecular formula is C30H69O15P3. The van der Waals surface area contributed by atoms with Gasteiger partial charge >= 0.3 is 23.5 Å². The topological polar surface area (TPSA) is 195 Å². The molecule has 0 aromatic rings. The predicted molar refractivity (Wildman–Crippen MR) is 187 cm³/mol. The van der Waals surface area contributed by atoms with Crippen molar-refractivity contribution in [2.75, 3.05) is 39.6 Å². The van der Waals surface area contributed by atoms with Gasteiger partial charge in [0.1, 0.15) is 0 Å². The molecule has 0 aliphatic rings. The monoisotopic (exact) mass is 762 g/mol. The second-order valence-electron chi connectivity index (χ2n) is 12.2. The van der Waals surface area contributed by atoms with Crippen molar-refractivity contribution in [1.82, 2.24) is 0 Å². The van der Waals surface area contributed by atoms with Crippen LogP contribution in [0.2, 0.25) is 0 Å². The van der Waals surface area contributed by atoms with Crippen molar-refractivity contribution in [3.63, 3.8) is 0 Å².